The van der Waals surface area contributed by atoms with Crippen molar-refractivity contribution in [1.82, 2.24) is 14.6 Å². The van der Waals surface area contributed by atoms with Crippen molar-refractivity contribution in [3.63, 3.8) is 0 Å². The number of hydrogen-bond acceptors (Lipinski definition) is 3. The van der Waals surface area contributed by atoms with Crippen LogP contribution in [0.3, 0.4) is 0 Å². The standard InChI is InChI=1S/C15H19N3O2/c1-15(2)8-4-3-5-11(15)13-17-16-12-7-6-10(14(19)20)9-18(12)13/h6-7,9,11H,3-5,8H2,1-2H3,(H,19,20). The number of pyridine rings is 1. The molecule has 1 fully saturated rings. The van der Waals surface area contributed by atoms with Gasteiger partial charge in [0.05, 0.1) is 5.56 Å². The van der Waals surface area contributed by atoms with E-state index in [0.717, 1.165) is 12.2 Å². The fraction of sp³-hybridized carbons (Fsp3) is 0.533. The van der Waals surface area contributed by atoms with Gasteiger partial charge in [0.2, 0.25) is 0 Å². The Labute approximate surface area is 117 Å². The van der Waals surface area contributed by atoms with Crippen LogP contribution in [0.2, 0.25) is 0 Å². The molecule has 1 N–H and O–H groups in total. The van der Waals surface area contributed by atoms with Gasteiger partial charge in [-0.2, -0.15) is 0 Å². The molecule has 1 unspecified atom stereocenters. The molecule has 0 saturated heterocycles. The van der Waals surface area contributed by atoms with Gasteiger partial charge in [0, 0.05) is 12.1 Å². The first-order valence-electron chi connectivity index (χ1n) is 7.07. The molecule has 5 heteroatoms. The van der Waals surface area contributed by atoms with Crippen LogP contribution in [0.15, 0.2) is 18.3 Å². The van der Waals surface area contributed by atoms with Gasteiger partial charge < -0.3 is 5.11 Å². The molecule has 1 atom stereocenters. The highest BCUT2D eigenvalue weighted by Gasteiger charge is 2.36. The molecule has 0 amide bonds. The van der Waals surface area contributed by atoms with Crippen molar-refractivity contribution in [2.45, 2.75) is 45.4 Å². The van der Waals surface area contributed by atoms with Gasteiger partial charge in [-0.1, -0.05) is 26.7 Å². The lowest BCUT2D eigenvalue weighted by Gasteiger charge is -2.37. The lowest BCUT2D eigenvalue weighted by atomic mass is 9.68. The van der Waals surface area contributed by atoms with Crippen LogP contribution in [-0.4, -0.2) is 25.7 Å². The van der Waals surface area contributed by atoms with E-state index >= 15 is 0 Å². The highest BCUT2D eigenvalue weighted by molar-refractivity contribution is 5.87. The summed E-state index contributed by atoms with van der Waals surface area (Å²) < 4.78 is 1.85. The summed E-state index contributed by atoms with van der Waals surface area (Å²) in [6.45, 7) is 4.53. The van der Waals surface area contributed by atoms with Crippen LogP contribution in [-0.2, 0) is 0 Å². The zero-order valence-electron chi connectivity index (χ0n) is 11.8. The van der Waals surface area contributed by atoms with E-state index < -0.39 is 5.97 Å². The van der Waals surface area contributed by atoms with Crippen molar-refractivity contribution < 1.29 is 9.90 Å². The Bertz CT molecular complexity index is 660. The molecule has 2 aromatic rings. The second-order valence-corrected chi connectivity index (χ2v) is 6.30. The monoisotopic (exact) mass is 273 g/mol. The van der Waals surface area contributed by atoms with Crippen molar-refractivity contribution >= 4 is 11.6 Å². The summed E-state index contributed by atoms with van der Waals surface area (Å²) in [4.78, 5) is 11.1. The van der Waals surface area contributed by atoms with Gasteiger partial charge in [-0.05, 0) is 30.4 Å². The fourth-order valence-corrected chi connectivity index (χ4v) is 3.25. The van der Waals surface area contributed by atoms with Crippen molar-refractivity contribution in [3.8, 4) is 0 Å². The molecule has 1 saturated carbocycles. The van der Waals surface area contributed by atoms with Gasteiger partial charge in [-0.25, -0.2) is 4.79 Å². The Balaban J connectivity index is 2.11. The predicted octanol–water partition coefficient (Wildman–Crippen LogP) is 3.11. The first-order chi connectivity index (χ1) is 9.49. The first-order valence-corrected chi connectivity index (χ1v) is 7.07. The number of hydrogen-bond donors (Lipinski definition) is 1. The fourth-order valence-electron chi connectivity index (χ4n) is 3.25. The van der Waals surface area contributed by atoms with Gasteiger partial charge >= 0.3 is 5.97 Å². The van der Waals surface area contributed by atoms with Gasteiger partial charge in [-0.3, -0.25) is 4.40 Å². The second kappa shape index (κ2) is 4.58. The summed E-state index contributed by atoms with van der Waals surface area (Å²) in [6.07, 6.45) is 6.34. The zero-order chi connectivity index (χ0) is 14.3. The second-order valence-electron chi connectivity index (χ2n) is 6.30. The Kier molecular flexibility index (Phi) is 3.00. The van der Waals surface area contributed by atoms with Crippen molar-refractivity contribution in [2.75, 3.05) is 0 Å². The van der Waals surface area contributed by atoms with E-state index in [2.05, 4.69) is 24.0 Å². The lowest BCUT2D eigenvalue weighted by molar-refractivity contribution is 0.0696. The third-order valence-electron chi connectivity index (χ3n) is 4.49. The molecule has 0 spiro atoms. The number of nitrogens with zero attached hydrogens (tertiary/aromatic N) is 3. The predicted molar refractivity (Wildman–Crippen MR) is 74.9 cm³/mol. The van der Waals surface area contributed by atoms with E-state index in [1.54, 1.807) is 18.3 Å². The molecular formula is C15H19N3O2. The summed E-state index contributed by atoms with van der Waals surface area (Å²) in [6, 6.07) is 3.29. The molecule has 1 aliphatic rings. The summed E-state index contributed by atoms with van der Waals surface area (Å²) >= 11 is 0. The summed E-state index contributed by atoms with van der Waals surface area (Å²) in [5.74, 6) is 0.303. The number of aromatic nitrogens is 3. The van der Waals surface area contributed by atoms with Crippen molar-refractivity contribution in [3.05, 3.63) is 29.7 Å². The van der Waals surface area contributed by atoms with Crippen LogP contribution in [0.25, 0.3) is 5.65 Å². The number of fused-ring (bicyclic) bond motifs is 1. The van der Waals surface area contributed by atoms with Crippen LogP contribution >= 0.6 is 0 Å². The maximum atomic E-state index is 11.1. The third kappa shape index (κ3) is 2.07. The minimum Gasteiger partial charge on any atom is -0.478 e. The number of carbonyl (C=O) groups is 1. The molecule has 2 aromatic heterocycles. The average molecular weight is 273 g/mol. The van der Waals surface area contributed by atoms with E-state index in [0.29, 0.717) is 11.6 Å². The minimum absolute atomic E-state index is 0.181. The topological polar surface area (TPSA) is 67.5 Å². The van der Waals surface area contributed by atoms with E-state index in [1.165, 1.54) is 19.3 Å². The third-order valence-corrected chi connectivity index (χ3v) is 4.49. The van der Waals surface area contributed by atoms with Crippen molar-refractivity contribution in [2.24, 2.45) is 5.41 Å². The van der Waals surface area contributed by atoms with Gasteiger partial charge in [0.1, 0.15) is 5.82 Å². The van der Waals surface area contributed by atoms with Crippen LogP contribution in [0.5, 0.6) is 0 Å². The number of rotatable bonds is 2. The van der Waals surface area contributed by atoms with Gasteiger partial charge in [0.25, 0.3) is 0 Å². The van der Waals surface area contributed by atoms with Gasteiger partial charge in [-0.15, -0.1) is 10.2 Å². The van der Waals surface area contributed by atoms with Crippen LogP contribution in [0.1, 0.15) is 61.6 Å². The summed E-state index contributed by atoms with van der Waals surface area (Å²) in [7, 11) is 0. The molecule has 106 valence electrons. The molecule has 2 heterocycles. The minimum atomic E-state index is -0.922. The Morgan fingerprint density at radius 3 is 2.85 bits per heavy atom. The van der Waals surface area contributed by atoms with Crippen LogP contribution < -0.4 is 0 Å². The average Bonchev–Trinajstić information content (AvgIpc) is 2.81. The quantitative estimate of drug-likeness (QED) is 0.912. The summed E-state index contributed by atoms with van der Waals surface area (Å²) in [5, 5.41) is 17.6. The molecule has 3 rings (SSSR count). The molecule has 0 aliphatic heterocycles. The Morgan fingerprint density at radius 2 is 2.15 bits per heavy atom. The number of aromatic carboxylic acids is 1. The zero-order valence-corrected chi connectivity index (χ0v) is 11.8. The SMILES string of the molecule is CC1(C)CCCCC1c1nnc2ccc(C(=O)O)cn12. The Morgan fingerprint density at radius 1 is 1.35 bits per heavy atom. The highest BCUT2D eigenvalue weighted by Crippen LogP contribution is 2.46. The Hall–Kier alpha value is -1.91. The molecule has 0 aromatic carbocycles. The highest BCUT2D eigenvalue weighted by atomic mass is 16.4. The van der Waals surface area contributed by atoms with E-state index in [9.17, 15) is 4.79 Å². The molecular weight excluding hydrogens is 254 g/mol. The van der Waals surface area contributed by atoms with E-state index in [4.69, 9.17) is 5.11 Å². The smallest absolute Gasteiger partial charge is 0.337 e. The van der Waals surface area contributed by atoms with E-state index in [1.807, 2.05) is 4.40 Å². The molecule has 5 nitrogen and oxygen atoms in total. The maximum Gasteiger partial charge on any atom is 0.337 e. The van der Waals surface area contributed by atoms with Crippen LogP contribution in [0, 0.1) is 5.41 Å². The molecule has 1 aliphatic carbocycles. The lowest BCUT2D eigenvalue weighted by Crippen LogP contribution is -2.27. The maximum absolute atomic E-state index is 11.1. The summed E-state index contributed by atoms with van der Waals surface area (Å²) in [5.41, 5.74) is 1.17. The van der Waals surface area contributed by atoms with Gasteiger partial charge in [0.15, 0.2) is 5.65 Å². The first kappa shape index (κ1) is 13.1. The largest absolute Gasteiger partial charge is 0.478 e. The normalized spacial score (nSPS) is 22.0. The number of carboxylic acids is 1. The number of carboxylic acid groups (broad SMARTS) is 1. The molecule has 20 heavy (non-hydrogen) atoms. The van der Waals surface area contributed by atoms with E-state index in [-0.39, 0.29) is 11.0 Å². The molecule has 0 radical (unpaired) electrons. The molecule has 0 bridgehead atoms. The van der Waals surface area contributed by atoms with Crippen LogP contribution in [0.4, 0.5) is 0 Å². The van der Waals surface area contributed by atoms with Crippen molar-refractivity contribution in [1.29, 1.82) is 0 Å².